The molecule has 1 atom stereocenters. The molecule has 0 fully saturated rings. The minimum absolute atomic E-state index is 0.0550. The topological polar surface area (TPSA) is 24.5 Å². The third-order valence-electron chi connectivity index (χ3n) is 4.75. The molecule has 0 saturated carbocycles. The molecule has 0 amide bonds. The predicted molar refractivity (Wildman–Crippen MR) is 119 cm³/mol. The first kappa shape index (κ1) is 22.0. The van der Waals surface area contributed by atoms with Crippen LogP contribution in [0, 0.1) is 0 Å². The van der Waals surface area contributed by atoms with E-state index in [1.54, 1.807) is 0 Å². The normalized spacial score (nSPS) is 13.3. The second kappa shape index (κ2) is 10.3. The third-order valence-corrected chi connectivity index (χ3v) is 4.98. The zero-order valence-corrected chi connectivity index (χ0v) is 18.3. The van der Waals surface area contributed by atoms with Gasteiger partial charge in [0.15, 0.2) is 0 Å². The van der Waals surface area contributed by atoms with Gasteiger partial charge in [0, 0.05) is 28.7 Å². The zero-order chi connectivity index (χ0) is 19.9. The summed E-state index contributed by atoms with van der Waals surface area (Å²) >= 11 is 6.12. The fourth-order valence-electron chi connectivity index (χ4n) is 3.25. The number of rotatable bonds is 10. The van der Waals surface area contributed by atoms with Crippen molar-refractivity contribution in [2.45, 2.75) is 59.1 Å². The van der Waals surface area contributed by atoms with Crippen LogP contribution in [0.25, 0.3) is 10.8 Å². The molecule has 0 bridgehead atoms. The molecule has 2 aromatic carbocycles. The molecule has 3 nitrogen and oxygen atoms in total. The number of hydrogen-bond donors (Lipinski definition) is 1. The van der Waals surface area contributed by atoms with E-state index in [2.05, 4.69) is 69.1 Å². The van der Waals surface area contributed by atoms with Crippen molar-refractivity contribution >= 4 is 28.1 Å². The lowest BCUT2D eigenvalue weighted by Gasteiger charge is -2.25. The minimum atomic E-state index is -0.0550. The Labute approximate surface area is 170 Å². The van der Waals surface area contributed by atoms with Crippen LogP contribution in [0.3, 0.4) is 0 Å². The van der Waals surface area contributed by atoms with Crippen LogP contribution in [0.5, 0.6) is 0 Å². The van der Waals surface area contributed by atoms with E-state index < -0.39 is 0 Å². The lowest BCUT2D eigenvalue weighted by atomic mass is 10.1. The SMILES string of the molecule is CCN(CCCC(C)Nc1cccc2cc(Cl)ccc12)CCOC(C)(C)C. The molecule has 2 rings (SSSR count). The largest absolute Gasteiger partial charge is 0.382 e. The predicted octanol–water partition coefficient (Wildman–Crippen LogP) is 6.21. The van der Waals surface area contributed by atoms with Crippen LogP contribution in [-0.4, -0.2) is 42.8 Å². The van der Waals surface area contributed by atoms with Crippen molar-refractivity contribution in [3.8, 4) is 0 Å². The van der Waals surface area contributed by atoms with Gasteiger partial charge in [0.1, 0.15) is 0 Å². The molecule has 4 heteroatoms. The van der Waals surface area contributed by atoms with Crippen molar-refractivity contribution in [2.75, 3.05) is 31.6 Å². The summed E-state index contributed by atoms with van der Waals surface area (Å²) in [6.07, 6.45) is 2.31. The van der Waals surface area contributed by atoms with Crippen LogP contribution >= 0.6 is 11.6 Å². The van der Waals surface area contributed by atoms with Gasteiger partial charge in [0.05, 0.1) is 12.2 Å². The quantitative estimate of drug-likeness (QED) is 0.521. The van der Waals surface area contributed by atoms with E-state index in [1.807, 2.05) is 12.1 Å². The number of halogens is 1. The first-order chi connectivity index (χ1) is 12.8. The van der Waals surface area contributed by atoms with Crippen LogP contribution < -0.4 is 5.32 Å². The highest BCUT2D eigenvalue weighted by Crippen LogP contribution is 2.27. The third kappa shape index (κ3) is 7.69. The summed E-state index contributed by atoms with van der Waals surface area (Å²) in [4.78, 5) is 2.47. The summed E-state index contributed by atoms with van der Waals surface area (Å²) in [6.45, 7) is 14.8. The Morgan fingerprint density at radius 2 is 1.93 bits per heavy atom. The monoisotopic (exact) mass is 390 g/mol. The molecule has 0 heterocycles. The number of nitrogens with one attached hydrogen (secondary N) is 1. The summed E-state index contributed by atoms with van der Waals surface area (Å²) in [5, 5.41) is 6.86. The van der Waals surface area contributed by atoms with Gasteiger partial charge in [0.2, 0.25) is 0 Å². The maximum absolute atomic E-state index is 6.12. The molecule has 0 aromatic heterocycles. The van der Waals surface area contributed by atoms with Crippen LogP contribution in [0.4, 0.5) is 5.69 Å². The van der Waals surface area contributed by atoms with Crippen molar-refractivity contribution in [1.29, 1.82) is 0 Å². The molecule has 0 spiro atoms. The number of nitrogens with zero attached hydrogens (tertiary/aromatic N) is 1. The average molecular weight is 391 g/mol. The molecule has 0 aliphatic carbocycles. The lowest BCUT2D eigenvalue weighted by Crippen LogP contribution is -2.32. The molecule has 150 valence electrons. The van der Waals surface area contributed by atoms with E-state index in [4.69, 9.17) is 16.3 Å². The van der Waals surface area contributed by atoms with Gasteiger partial charge in [-0.1, -0.05) is 36.7 Å². The van der Waals surface area contributed by atoms with Crippen LogP contribution in [0.1, 0.15) is 47.5 Å². The fraction of sp³-hybridized carbons (Fsp3) is 0.565. The highest BCUT2D eigenvalue weighted by Gasteiger charge is 2.11. The first-order valence-corrected chi connectivity index (χ1v) is 10.5. The Balaban J connectivity index is 1.80. The summed E-state index contributed by atoms with van der Waals surface area (Å²) in [5.41, 5.74) is 1.13. The van der Waals surface area contributed by atoms with E-state index in [9.17, 15) is 0 Å². The van der Waals surface area contributed by atoms with Gasteiger partial charge in [-0.15, -0.1) is 0 Å². The molecular formula is C23H35ClN2O. The molecule has 2 aromatic rings. The van der Waals surface area contributed by atoms with Gasteiger partial charge < -0.3 is 15.0 Å². The molecule has 27 heavy (non-hydrogen) atoms. The minimum Gasteiger partial charge on any atom is -0.382 e. The number of anilines is 1. The Kier molecular flexibility index (Phi) is 8.40. The maximum atomic E-state index is 6.12. The van der Waals surface area contributed by atoms with Gasteiger partial charge in [-0.2, -0.15) is 0 Å². The smallest absolute Gasteiger partial charge is 0.0600 e. The summed E-state index contributed by atoms with van der Waals surface area (Å²) in [5.74, 6) is 0. The Bertz CT molecular complexity index is 711. The van der Waals surface area contributed by atoms with Crippen LogP contribution in [0.2, 0.25) is 5.02 Å². The molecule has 0 aliphatic rings. The lowest BCUT2D eigenvalue weighted by molar-refractivity contribution is -0.0127. The molecular weight excluding hydrogens is 356 g/mol. The average Bonchev–Trinajstić information content (AvgIpc) is 2.59. The maximum Gasteiger partial charge on any atom is 0.0600 e. The fourth-order valence-corrected chi connectivity index (χ4v) is 3.43. The molecule has 0 radical (unpaired) electrons. The van der Waals surface area contributed by atoms with E-state index >= 15 is 0 Å². The van der Waals surface area contributed by atoms with Gasteiger partial charge in [-0.3, -0.25) is 0 Å². The van der Waals surface area contributed by atoms with Gasteiger partial charge in [-0.25, -0.2) is 0 Å². The Morgan fingerprint density at radius 1 is 1.15 bits per heavy atom. The molecule has 0 aliphatic heterocycles. The van der Waals surface area contributed by atoms with Crippen molar-refractivity contribution in [3.63, 3.8) is 0 Å². The molecule has 1 N–H and O–H groups in total. The Hall–Kier alpha value is -1.29. The number of ether oxygens (including phenoxy) is 1. The van der Waals surface area contributed by atoms with Gasteiger partial charge >= 0.3 is 0 Å². The zero-order valence-electron chi connectivity index (χ0n) is 17.5. The van der Waals surface area contributed by atoms with Crippen molar-refractivity contribution in [1.82, 2.24) is 4.90 Å². The molecule has 0 saturated heterocycles. The first-order valence-electron chi connectivity index (χ1n) is 10.1. The number of hydrogen-bond acceptors (Lipinski definition) is 3. The standard InChI is InChI=1S/C23H35ClN2O/c1-6-26(15-16-27-23(3,4)5)14-8-9-18(2)25-22-11-7-10-19-17-20(24)12-13-21(19)22/h7,10-13,17-18,25H,6,8-9,14-16H2,1-5H3. The second-order valence-corrected chi connectivity index (χ2v) is 8.69. The van der Waals surface area contributed by atoms with Gasteiger partial charge in [-0.05, 0) is 77.2 Å². The summed E-state index contributed by atoms with van der Waals surface area (Å²) in [7, 11) is 0. The number of fused-ring (bicyclic) bond motifs is 1. The van der Waals surface area contributed by atoms with Crippen LogP contribution in [-0.2, 0) is 4.74 Å². The van der Waals surface area contributed by atoms with Gasteiger partial charge in [0.25, 0.3) is 0 Å². The van der Waals surface area contributed by atoms with Crippen molar-refractivity contribution in [3.05, 3.63) is 41.4 Å². The second-order valence-electron chi connectivity index (χ2n) is 8.25. The number of benzene rings is 2. The van der Waals surface area contributed by atoms with E-state index in [0.29, 0.717) is 6.04 Å². The van der Waals surface area contributed by atoms with E-state index in [1.165, 1.54) is 22.9 Å². The highest BCUT2D eigenvalue weighted by atomic mass is 35.5. The molecule has 1 unspecified atom stereocenters. The van der Waals surface area contributed by atoms with Crippen molar-refractivity contribution < 1.29 is 4.74 Å². The van der Waals surface area contributed by atoms with Crippen LogP contribution in [0.15, 0.2) is 36.4 Å². The Morgan fingerprint density at radius 3 is 2.63 bits per heavy atom. The number of likely N-dealkylation sites (N-methyl/N-ethyl adjacent to an activating group) is 1. The van der Waals surface area contributed by atoms with E-state index in [0.717, 1.165) is 37.7 Å². The van der Waals surface area contributed by atoms with Crippen molar-refractivity contribution in [2.24, 2.45) is 0 Å². The summed E-state index contributed by atoms with van der Waals surface area (Å²) in [6, 6.07) is 12.8. The summed E-state index contributed by atoms with van der Waals surface area (Å²) < 4.78 is 5.85. The highest BCUT2D eigenvalue weighted by molar-refractivity contribution is 6.31. The van der Waals surface area contributed by atoms with E-state index in [-0.39, 0.29) is 5.60 Å².